The summed E-state index contributed by atoms with van der Waals surface area (Å²) < 4.78 is 6.67. The maximum atomic E-state index is 11.4. The summed E-state index contributed by atoms with van der Waals surface area (Å²) in [4.78, 5) is 22.2. The average Bonchev–Trinajstić information content (AvgIpc) is 2.73. The maximum absolute atomic E-state index is 11.4. The molecule has 2 aromatic rings. The highest BCUT2D eigenvalue weighted by molar-refractivity contribution is 5.97. The summed E-state index contributed by atoms with van der Waals surface area (Å²) in [5.41, 5.74) is 1.49. The summed E-state index contributed by atoms with van der Waals surface area (Å²) in [5, 5.41) is 0.854. The second-order valence-electron chi connectivity index (χ2n) is 3.65. The molecule has 0 aliphatic heterocycles. The third-order valence-electron chi connectivity index (χ3n) is 2.58. The number of fused-ring (bicyclic) bond motifs is 1. The number of nitrogens with zero attached hydrogens (tertiary/aromatic N) is 1. The van der Waals surface area contributed by atoms with Crippen LogP contribution < -0.4 is 0 Å². The smallest absolute Gasteiger partial charge is 0.325 e. The summed E-state index contributed by atoms with van der Waals surface area (Å²) in [6, 6.07) is 7.26. The number of carbonyl (C=O) groups excluding carboxylic acids is 2. The van der Waals surface area contributed by atoms with Crippen molar-refractivity contribution in [3.63, 3.8) is 0 Å². The zero-order valence-electron chi connectivity index (χ0n) is 9.55. The molecule has 0 bridgehead atoms. The number of rotatable bonds is 4. The van der Waals surface area contributed by atoms with Gasteiger partial charge in [-0.3, -0.25) is 9.59 Å². The Hall–Kier alpha value is -2.10. The first-order valence-corrected chi connectivity index (χ1v) is 5.45. The Morgan fingerprint density at radius 1 is 1.41 bits per heavy atom. The number of carbonyl (C=O) groups is 2. The Kier molecular flexibility index (Phi) is 3.23. The Labute approximate surface area is 98.8 Å². The molecule has 4 heteroatoms. The van der Waals surface area contributed by atoms with Crippen LogP contribution in [-0.2, 0) is 16.1 Å². The van der Waals surface area contributed by atoms with Crippen LogP contribution in [0.3, 0.4) is 0 Å². The summed E-state index contributed by atoms with van der Waals surface area (Å²) in [7, 11) is 0. The van der Waals surface area contributed by atoms with Crippen molar-refractivity contribution < 1.29 is 14.3 Å². The normalized spacial score (nSPS) is 10.4. The van der Waals surface area contributed by atoms with Crippen LogP contribution >= 0.6 is 0 Å². The fourth-order valence-electron chi connectivity index (χ4n) is 1.83. The number of esters is 1. The topological polar surface area (TPSA) is 48.3 Å². The first kappa shape index (κ1) is 11.4. The molecule has 0 radical (unpaired) electrons. The molecule has 4 nitrogen and oxygen atoms in total. The lowest BCUT2D eigenvalue weighted by Gasteiger charge is -2.05. The molecule has 0 N–H and O–H groups in total. The predicted molar refractivity (Wildman–Crippen MR) is 64.0 cm³/mol. The molecule has 1 aromatic heterocycles. The molecule has 0 unspecified atom stereocenters. The minimum absolute atomic E-state index is 0.166. The summed E-state index contributed by atoms with van der Waals surface area (Å²) in [6.45, 7) is 2.31. The molecule has 0 atom stereocenters. The number of hydrogen-bond donors (Lipinski definition) is 0. The molecule has 1 aromatic carbocycles. The molecule has 0 spiro atoms. The van der Waals surface area contributed by atoms with Crippen molar-refractivity contribution in [2.24, 2.45) is 0 Å². The van der Waals surface area contributed by atoms with Crippen LogP contribution in [-0.4, -0.2) is 23.4 Å². The molecule has 1 heterocycles. The minimum atomic E-state index is -0.276. The second-order valence-corrected chi connectivity index (χ2v) is 3.65. The van der Waals surface area contributed by atoms with Gasteiger partial charge in [-0.25, -0.2) is 0 Å². The van der Waals surface area contributed by atoms with Crippen LogP contribution in [0.1, 0.15) is 17.3 Å². The number of hydrogen-bond acceptors (Lipinski definition) is 3. The standard InChI is InChI=1S/C13H13NO3/c1-2-17-13(16)8-14-7-6-11-10(9-15)4-3-5-12(11)14/h3-7,9H,2,8H2,1H3. The highest BCUT2D eigenvalue weighted by Gasteiger charge is 2.08. The van der Waals surface area contributed by atoms with E-state index in [-0.39, 0.29) is 12.5 Å². The lowest BCUT2D eigenvalue weighted by Crippen LogP contribution is -2.12. The van der Waals surface area contributed by atoms with Gasteiger partial charge in [-0.15, -0.1) is 0 Å². The second kappa shape index (κ2) is 4.82. The average molecular weight is 231 g/mol. The van der Waals surface area contributed by atoms with Crippen molar-refractivity contribution in [3.8, 4) is 0 Å². The van der Waals surface area contributed by atoms with Gasteiger partial charge in [-0.2, -0.15) is 0 Å². The predicted octanol–water partition coefficient (Wildman–Crippen LogP) is 2.02. The third kappa shape index (κ3) is 2.20. The molecule has 0 fully saturated rings. The van der Waals surface area contributed by atoms with Crippen molar-refractivity contribution in [1.29, 1.82) is 0 Å². The number of benzene rings is 1. The van der Waals surface area contributed by atoms with E-state index in [1.807, 2.05) is 12.1 Å². The molecule has 0 amide bonds. The van der Waals surface area contributed by atoms with Gasteiger partial charge in [0, 0.05) is 22.7 Å². The monoisotopic (exact) mass is 231 g/mol. The van der Waals surface area contributed by atoms with Crippen molar-refractivity contribution >= 4 is 23.2 Å². The van der Waals surface area contributed by atoms with E-state index in [1.54, 1.807) is 29.8 Å². The van der Waals surface area contributed by atoms with Crippen molar-refractivity contribution in [2.45, 2.75) is 13.5 Å². The van der Waals surface area contributed by atoms with Crippen LogP contribution in [0.15, 0.2) is 30.5 Å². The van der Waals surface area contributed by atoms with Gasteiger partial charge >= 0.3 is 5.97 Å². The van der Waals surface area contributed by atoms with Crippen LogP contribution in [0.2, 0.25) is 0 Å². The molecule has 2 rings (SSSR count). The lowest BCUT2D eigenvalue weighted by atomic mass is 10.1. The Morgan fingerprint density at radius 3 is 2.94 bits per heavy atom. The van der Waals surface area contributed by atoms with Gasteiger partial charge in [0.2, 0.25) is 0 Å². The first-order valence-electron chi connectivity index (χ1n) is 5.45. The van der Waals surface area contributed by atoms with Crippen LogP contribution in [0.5, 0.6) is 0 Å². The van der Waals surface area contributed by atoms with E-state index in [0.717, 1.165) is 17.2 Å². The first-order chi connectivity index (χ1) is 8.26. The molecule has 88 valence electrons. The minimum Gasteiger partial charge on any atom is -0.465 e. The van der Waals surface area contributed by atoms with Gasteiger partial charge in [-0.05, 0) is 19.1 Å². The van der Waals surface area contributed by atoms with Crippen LogP contribution in [0.25, 0.3) is 10.9 Å². The number of ether oxygens (including phenoxy) is 1. The van der Waals surface area contributed by atoms with E-state index in [0.29, 0.717) is 12.2 Å². The maximum Gasteiger partial charge on any atom is 0.325 e. The van der Waals surface area contributed by atoms with Crippen LogP contribution in [0.4, 0.5) is 0 Å². The highest BCUT2D eigenvalue weighted by Crippen LogP contribution is 2.19. The van der Waals surface area contributed by atoms with Crippen LogP contribution in [0, 0.1) is 0 Å². The fraction of sp³-hybridized carbons (Fsp3) is 0.231. The molecule has 0 saturated heterocycles. The Bertz CT molecular complexity index is 557. The summed E-state index contributed by atoms with van der Waals surface area (Å²) >= 11 is 0. The number of aromatic nitrogens is 1. The highest BCUT2D eigenvalue weighted by atomic mass is 16.5. The molecule has 17 heavy (non-hydrogen) atoms. The van der Waals surface area contributed by atoms with E-state index in [9.17, 15) is 9.59 Å². The van der Waals surface area contributed by atoms with Gasteiger partial charge in [0.1, 0.15) is 6.54 Å². The molecule has 0 aliphatic rings. The molecular formula is C13H13NO3. The largest absolute Gasteiger partial charge is 0.465 e. The van der Waals surface area contributed by atoms with E-state index in [4.69, 9.17) is 4.74 Å². The zero-order chi connectivity index (χ0) is 12.3. The lowest BCUT2D eigenvalue weighted by molar-refractivity contribution is -0.143. The fourth-order valence-corrected chi connectivity index (χ4v) is 1.83. The van der Waals surface area contributed by atoms with Gasteiger partial charge in [-0.1, -0.05) is 12.1 Å². The summed E-state index contributed by atoms with van der Waals surface area (Å²) in [6.07, 6.45) is 2.60. The molecular weight excluding hydrogens is 218 g/mol. The van der Waals surface area contributed by atoms with Gasteiger partial charge in [0.05, 0.1) is 6.61 Å². The molecule has 0 aliphatic carbocycles. The third-order valence-corrected chi connectivity index (χ3v) is 2.58. The van der Waals surface area contributed by atoms with Gasteiger partial charge in [0.25, 0.3) is 0 Å². The molecule has 0 saturated carbocycles. The zero-order valence-corrected chi connectivity index (χ0v) is 9.55. The quantitative estimate of drug-likeness (QED) is 0.597. The van der Waals surface area contributed by atoms with Gasteiger partial charge in [0.15, 0.2) is 6.29 Å². The van der Waals surface area contributed by atoms with E-state index in [2.05, 4.69) is 0 Å². The van der Waals surface area contributed by atoms with Crippen molar-refractivity contribution in [3.05, 3.63) is 36.0 Å². The summed E-state index contributed by atoms with van der Waals surface area (Å²) in [5.74, 6) is -0.276. The van der Waals surface area contributed by atoms with E-state index in [1.165, 1.54) is 0 Å². The SMILES string of the molecule is CCOC(=O)Cn1ccc2c(C=O)cccc21. The van der Waals surface area contributed by atoms with Crippen molar-refractivity contribution in [2.75, 3.05) is 6.61 Å². The van der Waals surface area contributed by atoms with E-state index >= 15 is 0 Å². The van der Waals surface area contributed by atoms with Gasteiger partial charge < -0.3 is 9.30 Å². The van der Waals surface area contributed by atoms with E-state index < -0.39 is 0 Å². The Balaban J connectivity index is 2.36. The number of aldehydes is 1. The Morgan fingerprint density at radius 2 is 2.24 bits per heavy atom. The van der Waals surface area contributed by atoms with Crippen molar-refractivity contribution in [1.82, 2.24) is 4.57 Å².